The monoisotopic (exact) mass is 240 g/mol. The molecule has 88 valence electrons. The molecule has 0 bridgehead atoms. The molecule has 1 saturated carbocycles. The summed E-state index contributed by atoms with van der Waals surface area (Å²) in [7, 11) is 0. The SMILES string of the molecule is O=C(O)C(NC1CCCCC1)c1nccs1. The van der Waals surface area contributed by atoms with Gasteiger partial charge in [0.1, 0.15) is 5.01 Å². The number of nitrogens with zero attached hydrogens (tertiary/aromatic N) is 1. The summed E-state index contributed by atoms with van der Waals surface area (Å²) in [4.78, 5) is 15.3. The summed E-state index contributed by atoms with van der Waals surface area (Å²) in [5.41, 5.74) is 0. The lowest BCUT2D eigenvalue weighted by Gasteiger charge is -2.25. The predicted molar refractivity (Wildman–Crippen MR) is 62.5 cm³/mol. The Hall–Kier alpha value is -0.940. The van der Waals surface area contributed by atoms with Crippen molar-refractivity contribution in [3.63, 3.8) is 0 Å². The van der Waals surface area contributed by atoms with Gasteiger partial charge in [-0.2, -0.15) is 0 Å². The Morgan fingerprint density at radius 2 is 2.25 bits per heavy atom. The van der Waals surface area contributed by atoms with E-state index >= 15 is 0 Å². The molecule has 1 atom stereocenters. The zero-order valence-corrected chi connectivity index (χ0v) is 9.87. The molecule has 16 heavy (non-hydrogen) atoms. The summed E-state index contributed by atoms with van der Waals surface area (Å²) in [6, 6.07) is -0.304. The number of hydrogen-bond donors (Lipinski definition) is 2. The molecule has 1 heterocycles. The maximum Gasteiger partial charge on any atom is 0.327 e. The van der Waals surface area contributed by atoms with Gasteiger partial charge < -0.3 is 5.11 Å². The van der Waals surface area contributed by atoms with Crippen molar-refractivity contribution in [2.75, 3.05) is 0 Å². The van der Waals surface area contributed by atoms with Crippen LogP contribution < -0.4 is 5.32 Å². The molecule has 1 aromatic heterocycles. The average molecular weight is 240 g/mol. The second-order valence-corrected chi connectivity index (χ2v) is 5.07. The Labute approximate surface area is 98.7 Å². The highest BCUT2D eigenvalue weighted by Crippen LogP contribution is 2.22. The highest BCUT2D eigenvalue weighted by atomic mass is 32.1. The van der Waals surface area contributed by atoms with Crippen LogP contribution >= 0.6 is 11.3 Å². The second kappa shape index (κ2) is 5.41. The Kier molecular flexibility index (Phi) is 3.90. The van der Waals surface area contributed by atoms with Gasteiger partial charge in [-0.15, -0.1) is 11.3 Å². The molecular formula is C11H16N2O2S. The van der Waals surface area contributed by atoms with Crippen molar-refractivity contribution in [2.24, 2.45) is 0 Å². The molecule has 2 rings (SSSR count). The van der Waals surface area contributed by atoms with Gasteiger partial charge in [0, 0.05) is 17.6 Å². The van der Waals surface area contributed by atoms with Crippen molar-refractivity contribution in [1.29, 1.82) is 0 Å². The summed E-state index contributed by atoms with van der Waals surface area (Å²) in [5, 5.41) is 14.9. The van der Waals surface area contributed by atoms with E-state index in [9.17, 15) is 9.90 Å². The summed E-state index contributed by atoms with van der Waals surface area (Å²) in [6.07, 6.45) is 7.47. The Morgan fingerprint density at radius 1 is 1.50 bits per heavy atom. The van der Waals surface area contributed by atoms with Gasteiger partial charge >= 0.3 is 5.97 Å². The van der Waals surface area contributed by atoms with E-state index in [-0.39, 0.29) is 0 Å². The number of nitrogens with one attached hydrogen (secondary N) is 1. The molecule has 0 aromatic carbocycles. The first-order chi connectivity index (χ1) is 7.77. The number of carboxylic acid groups (broad SMARTS) is 1. The Morgan fingerprint density at radius 3 is 2.81 bits per heavy atom. The standard InChI is InChI=1S/C11H16N2O2S/c14-11(15)9(10-12-6-7-16-10)13-8-4-2-1-3-5-8/h6-9,13H,1-5H2,(H,14,15). The largest absolute Gasteiger partial charge is 0.480 e. The van der Waals surface area contributed by atoms with Gasteiger partial charge in [0.2, 0.25) is 0 Å². The third-order valence-corrected chi connectivity index (χ3v) is 3.79. The maximum atomic E-state index is 11.2. The van der Waals surface area contributed by atoms with Gasteiger partial charge in [0.05, 0.1) is 0 Å². The van der Waals surface area contributed by atoms with E-state index in [4.69, 9.17) is 0 Å². The van der Waals surface area contributed by atoms with E-state index in [0.717, 1.165) is 12.8 Å². The van der Waals surface area contributed by atoms with E-state index in [2.05, 4.69) is 10.3 Å². The van der Waals surface area contributed by atoms with Gasteiger partial charge in [0.25, 0.3) is 0 Å². The minimum Gasteiger partial charge on any atom is -0.480 e. The number of carboxylic acids is 1. The van der Waals surface area contributed by atoms with Crippen LogP contribution in [0.4, 0.5) is 0 Å². The molecule has 1 unspecified atom stereocenters. The molecule has 4 nitrogen and oxygen atoms in total. The van der Waals surface area contributed by atoms with Crippen LogP contribution in [0.3, 0.4) is 0 Å². The molecule has 2 N–H and O–H groups in total. The van der Waals surface area contributed by atoms with Crippen LogP contribution in [0.15, 0.2) is 11.6 Å². The first-order valence-electron chi connectivity index (χ1n) is 5.65. The molecule has 0 amide bonds. The number of thiazole rings is 1. The number of aromatic nitrogens is 1. The Balaban J connectivity index is 2.00. The van der Waals surface area contributed by atoms with Crippen LogP contribution in [0.1, 0.15) is 43.2 Å². The zero-order chi connectivity index (χ0) is 11.4. The van der Waals surface area contributed by atoms with E-state index < -0.39 is 12.0 Å². The van der Waals surface area contributed by atoms with Crippen LogP contribution in [-0.2, 0) is 4.79 Å². The minimum absolute atomic E-state index is 0.332. The molecule has 0 spiro atoms. The van der Waals surface area contributed by atoms with Crippen molar-refractivity contribution in [2.45, 2.75) is 44.2 Å². The van der Waals surface area contributed by atoms with Crippen LogP contribution in [0, 0.1) is 0 Å². The molecule has 1 aliphatic rings. The molecule has 1 fully saturated rings. The highest BCUT2D eigenvalue weighted by Gasteiger charge is 2.26. The number of hydrogen-bond acceptors (Lipinski definition) is 4. The summed E-state index contributed by atoms with van der Waals surface area (Å²) in [6.45, 7) is 0. The predicted octanol–water partition coefficient (Wildman–Crippen LogP) is 2.19. The molecule has 0 saturated heterocycles. The zero-order valence-electron chi connectivity index (χ0n) is 9.06. The second-order valence-electron chi connectivity index (χ2n) is 4.14. The number of aliphatic carboxylic acids is 1. The van der Waals surface area contributed by atoms with Crippen molar-refractivity contribution in [3.8, 4) is 0 Å². The summed E-state index contributed by atoms with van der Waals surface area (Å²) >= 11 is 1.39. The van der Waals surface area contributed by atoms with Gasteiger partial charge in [-0.1, -0.05) is 19.3 Å². The molecule has 5 heteroatoms. The fourth-order valence-corrected chi connectivity index (χ4v) is 2.82. The molecule has 0 aliphatic heterocycles. The van der Waals surface area contributed by atoms with Gasteiger partial charge in [0.15, 0.2) is 6.04 Å². The van der Waals surface area contributed by atoms with Crippen LogP contribution in [0.5, 0.6) is 0 Å². The molecule has 1 aliphatic carbocycles. The van der Waals surface area contributed by atoms with E-state index in [0.29, 0.717) is 11.0 Å². The lowest BCUT2D eigenvalue weighted by atomic mass is 9.95. The third kappa shape index (κ3) is 2.80. The number of carbonyl (C=O) groups is 1. The molecular weight excluding hydrogens is 224 g/mol. The van der Waals surface area contributed by atoms with Crippen molar-refractivity contribution in [1.82, 2.24) is 10.3 Å². The van der Waals surface area contributed by atoms with Crippen LogP contribution in [0.2, 0.25) is 0 Å². The van der Waals surface area contributed by atoms with E-state index in [1.165, 1.54) is 30.6 Å². The lowest BCUT2D eigenvalue weighted by molar-refractivity contribution is -0.140. The fraction of sp³-hybridized carbons (Fsp3) is 0.636. The normalized spacial score (nSPS) is 19.5. The average Bonchev–Trinajstić information content (AvgIpc) is 2.80. The summed E-state index contributed by atoms with van der Waals surface area (Å²) < 4.78 is 0. The first kappa shape index (κ1) is 11.5. The maximum absolute atomic E-state index is 11.2. The van der Waals surface area contributed by atoms with Crippen molar-refractivity contribution >= 4 is 17.3 Å². The topological polar surface area (TPSA) is 62.2 Å². The van der Waals surface area contributed by atoms with Crippen molar-refractivity contribution < 1.29 is 9.90 Å². The van der Waals surface area contributed by atoms with Gasteiger partial charge in [-0.25, -0.2) is 4.98 Å². The highest BCUT2D eigenvalue weighted by molar-refractivity contribution is 7.09. The minimum atomic E-state index is -0.833. The quantitative estimate of drug-likeness (QED) is 0.847. The smallest absolute Gasteiger partial charge is 0.327 e. The summed E-state index contributed by atoms with van der Waals surface area (Å²) in [5.74, 6) is -0.833. The number of rotatable bonds is 4. The van der Waals surface area contributed by atoms with Gasteiger partial charge in [-0.05, 0) is 12.8 Å². The fourth-order valence-electron chi connectivity index (χ4n) is 2.13. The lowest BCUT2D eigenvalue weighted by Crippen LogP contribution is -2.38. The van der Waals surface area contributed by atoms with Crippen molar-refractivity contribution in [3.05, 3.63) is 16.6 Å². The molecule has 1 aromatic rings. The van der Waals surface area contributed by atoms with E-state index in [1.807, 2.05) is 5.38 Å². The molecule has 0 radical (unpaired) electrons. The first-order valence-corrected chi connectivity index (χ1v) is 6.53. The van der Waals surface area contributed by atoms with Crippen LogP contribution in [-0.4, -0.2) is 22.1 Å². The third-order valence-electron chi connectivity index (χ3n) is 2.95. The van der Waals surface area contributed by atoms with E-state index in [1.54, 1.807) is 6.20 Å². The van der Waals surface area contributed by atoms with Crippen LogP contribution in [0.25, 0.3) is 0 Å². The van der Waals surface area contributed by atoms with Gasteiger partial charge in [-0.3, -0.25) is 10.1 Å². The Bertz CT molecular complexity index is 334.